The summed E-state index contributed by atoms with van der Waals surface area (Å²) in [6, 6.07) is 12.2. The molecule has 1 heterocycles. The number of ether oxygens (including phenoxy) is 2. The lowest BCUT2D eigenvalue weighted by molar-refractivity contribution is -0.115. The minimum Gasteiger partial charge on any atom is -0.493 e. The summed E-state index contributed by atoms with van der Waals surface area (Å²) in [5.74, 6) is -0.264. The van der Waals surface area contributed by atoms with Gasteiger partial charge >= 0.3 is 0 Å². The van der Waals surface area contributed by atoms with Gasteiger partial charge in [0.05, 0.1) is 14.2 Å². The number of carbonyl (C=O) groups excluding carboxylic acids is 1. The zero-order chi connectivity index (χ0) is 22.4. The summed E-state index contributed by atoms with van der Waals surface area (Å²) in [7, 11) is 0.668. The minimum atomic E-state index is -3.86. The zero-order valence-corrected chi connectivity index (χ0v) is 18.9. The van der Waals surface area contributed by atoms with E-state index in [9.17, 15) is 13.2 Å². The molecule has 0 spiro atoms. The van der Waals surface area contributed by atoms with Gasteiger partial charge in [0, 0.05) is 43.3 Å². The third kappa shape index (κ3) is 5.81. The average Bonchev–Trinajstić information content (AvgIpc) is 2.78. The van der Waals surface area contributed by atoms with E-state index in [2.05, 4.69) is 9.62 Å². The molecule has 8 nitrogen and oxygen atoms in total. The molecule has 1 fully saturated rings. The Hall–Kier alpha value is -2.94. The molecule has 1 N–H and O–H groups in total. The lowest BCUT2D eigenvalue weighted by Gasteiger charge is -2.28. The summed E-state index contributed by atoms with van der Waals surface area (Å²) in [5.41, 5.74) is 2.01. The van der Waals surface area contributed by atoms with Crippen LogP contribution in [0.15, 0.2) is 42.5 Å². The summed E-state index contributed by atoms with van der Waals surface area (Å²) in [5, 5.41) is 0. The molecule has 0 bridgehead atoms. The molecule has 3 rings (SSSR count). The van der Waals surface area contributed by atoms with E-state index in [0.29, 0.717) is 22.9 Å². The van der Waals surface area contributed by atoms with Gasteiger partial charge in [-0.05, 0) is 55.7 Å². The Morgan fingerprint density at radius 2 is 1.65 bits per heavy atom. The van der Waals surface area contributed by atoms with E-state index in [1.807, 2.05) is 12.1 Å². The number of rotatable bonds is 8. The fourth-order valence-electron chi connectivity index (χ4n) is 3.54. The molecule has 0 saturated carbocycles. The second-order valence-corrected chi connectivity index (χ2v) is 9.17. The molecular weight excluding hydrogens is 418 g/mol. The molecule has 2 aromatic carbocycles. The molecule has 1 amide bonds. The maximum atomic E-state index is 12.6. The van der Waals surface area contributed by atoms with Gasteiger partial charge in [-0.15, -0.1) is 0 Å². The fraction of sp³-hybridized carbons (Fsp3) is 0.409. The number of carbonyl (C=O) groups is 1. The van der Waals surface area contributed by atoms with Gasteiger partial charge < -0.3 is 19.3 Å². The first-order valence-electron chi connectivity index (χ1n) is 10.2. The summed E-state index contributed by atoms with van der Waals surface area (Å²) in [4.78, 5) is 16.2. The normalized spacial score (nSPS) is 14.1. The molecule has 0 aromatic heterocycles. The van der Waals surface area contributed by atoms with E-state index in [-0.39, 0.29) is 0 Å². The molecular formula is C22H29N3O5S. The summed E-state index contributed by atoms with van der Waals surface area (Å²) in [6.07, 6.45) is 3.59. The summed E-state index contributed by atoms with van der Waals surface area (Å²) >= 11 is 0. The Morgan fingerprint density at radius 3 is 2.26 bits per heavy atom. The molecule has 2 aromatic rings. The first kappa shape index (κ1) is 22.7. The van der Waals surface area contributed by atoms with E-state index in [1.54, 1.807) is 30.3 Å². The van der Waals surface area contributed by atoms with Crippen molar-refractivity contribution in [2.45, 2.75) is 19.3 Å². The minimum absolute atomic E-state index is 0.433. The Balaban J connectivity index is 1.63. The number of amides is 1. The van der Waals surface area contributed by atoms with Crippen LogP contribution >= 0.6 is 0 Å². The fourth-order valence-corrected chi connectivity index (χ4v) is 4.63. The van der Waals surface area contributed by atoms with Crippen LogP contribution in [0.3, 0.4) is 0 Å². The topological polar surface area (TPSA) is 88.2 Å². The zero-order valence-electron chi connectivity index (χ0n) is 18.1. The number of nitrogens with one attached hydrogen (secondary N) is 1. The van der Waals surface area contributed by atoms with Crippen LogP contribution in [0.4, 0.5) is 17.1 Å². The predicted octanol–water partition coefficient (Wildman–Crippen LogP) is 3.10. The van der Waals surface area contributed by atoms with Crippen molar-refractivity contribution >= 4 is 33.0 Å². The van der Waals surface area contributed by atoms with Crippen LogP contribution in [0.2, 0.25) is 0 Å². The quantitative estimate of drug-likeness (QED) is 0.669. The molecule has 1 saturated heterocycles. The molecule has 1 aliphatic heterocycles. The number of benzene rings is 2. The summed E-state index contributed by atoms with van der Waals surface area (Å²) in [6.45, 7) is 2.03. The molecule has 0 unspecified atom stereocenters. The monoisotopic (exact) mass is 447 g/mol. The van der Waals surface area contributed by atoms with E-state index in [1.165, 1.54) is 45.4 Å². The van der Waals surface area contributed by atoms with Gasteiger partial charge in [-0.3, -0.25) is 9.52 Å². The largest absolute Gasteiger partial charge is 0.493 e. The molecule has 1 aliphatic rings. The summed E-state index contributed by atoms with van der Waals surface area (Å²) < 4.78 is 38.0. The van der Waals surface area contributed by atoms with Crippen LogP contribution in [0.5, 0.6) is 11.5 Å². The molecule has 0 aliphatic carbocycles. The van der Waals surface area contributed by atoms with Gasteiger partial charge in [-0.1, -0.05) is 0 Å². The second kappa shape index (κ2) is 9.91. The smallest absolute Gasteiger partial charge is 0.243 e. The lowest BCUT2D eigenvalue weighted by atomic mass is 10.1. The van der Waals surface area contributed by atoms with E-state index >= 15 is 0 Å². The van der Waals surface area contributed by atoms with Crippen LogP contribution in [-0.4, -0.2) is 54.4 Å². The Labute approximate surface area is 183 Å². The van der Waals surface area contributed by atoms with Crippen LogP contribution < -0.4 is 24.0 Å². The number of methoxy groups -OCH3 is 2. The third-order valence-corrected chi connectivity index (χ3v) is 6.48. The van der Waals surface area contributed by atoms with Crippen LogP contribution in [0, 0.1) is 0 Å². The van der Waals surface area contributed by atoms with E-state index in [0.717, 1.165) is 18.8 Å². The third-order valence-electron chi connectivity index (χ3n) is 5.30. The van der Waals surface area contributed by atoms with Gasteiger partial charge in [0.25, 0.3) is 0 Å². The van der Waals surface area contributed by atoms with Crippen molar-refractivity contribution in [3.63, 3.8) is 0 Å². The molecule has 31 heavy (non-hydrogen) atoms. The van der Waals surface area contributed by atoms with Crippen molar-refractivity contribution in [1.29, 1.82) is 0 Å². The molecule has 0 atom stereocenters. The van der Waals surface area contributed by atoms with Crippen molar-refractivity contribution in [3.05, 3.63) is 42.5 Å². The van der Waals surface area contributed by atoms with Crippen LogP contribution in [-0.2, 0) is 14.8 Å². The highest BCUT2D eigenvalue weighted by Gasteiger charge is 2.22. The van der Waals surface area contributed by atoms with Crippen LogP contribution in [0.1, 0.15) is 19.3 Å². The van der Waals surface area contributed by atoms with Crippen LogP contribution in [0.25, 0.3) is 0 Å². The first-order chi connectivity index (χ1) is 14.8. The number of sulfonamides is 1. The number of anilines is 3. The van der Waals surface area contributed by atoms with Crippen molar-refractivity contribution in [3.8, 4) is 11.5 Å². The molecule has 9 heteroatoms. The Morgan fingerprint density at radius 1 is 1.00 bits per heavy atom. The SMILES string of the molecule is COc1ccc(N(C)C(=O)CS(=O)(=O)Nc2ccc(N3CCCCC3)cc2)cc1OC. The van der Waals surface area contributed by atoms with Crippen molar-refractivity contribution in [2.75, 3.05) is 54.6 Å². The number of hydrogen-bond acceptors (Lipinski definition) is 6. The molecule has 168 valence electrons. The van der Waals surface area contributed by atoms with E-state index in [4.69, 9.17) is 9.47 Å². The van der Waals surface area contributed by atoms with Gasteiger partial charge in [0.1, 0.15) is 5.75 Å². The first-order valence-corrected chi connectivity index (χ1v) is 11.8. The van der Waals surface area contributed by atoms with E-state index < -0.39 is 21.7 Å². The van der Waals surface area contributed by atoms with Crippen molar-refractivity contribution < 1.29 is 22.7 Å². The predicted molar refractivity (Wildman–Crippen MR) is 123 cm³/mol. The number of hydrogen-bond donors (Lipinski definition) is 1. The lowest BCUT2D eigenvalue weighted by Crippen LogP contribution is -2.34. The van der Waals surface area contributed by atoms with Gasteiger partial charge in [0.15, 0.2) is 11.5 Å². The maximum Gasteiger partial charge on any atom is 0.243 e. The Kier molecular flexibility index (Phi) is 7.27. The average molecular weight is 448 g/mol. The van der Waals surface area contributed by atoms with Crippen molar-refractivity contribution in [1.82, 2.24) is 0 Å². The highest BCUT2D eigenvalue weighted by atomic mass is 32.2. The maximum absolute atomic E-state index is 12.6. The molecule has 0 radical (unpaired) electrons. The van der Waals surface area contributed by atoms with Gasteiger partial charge in [-0.25, -0.2) is 8.42 Å². The highest BCUT2D eigenvalue weighted by Crippen LogP contribution is 2.31. The van der Waals surface area contributed by atoms with Gasteiger partial charge in [0.2, 0.25) is 15.9 Å². The van der Waals surface area contributed by atoms with Crippen molar-refractivity contribution in [2.24, 2.45) is 0 Å². The standard InChI is InChI=1S/C22H29N3O5S/c1-24(19-11-12-20(29-2)21(15-19)30-3)22(26)16-31(27,28)23-17-7-9-18(10-8-17)25-13-5-4-6-14-25/h7-12,15,23H,4-6,13-14,16H2,1-3H3. The van der Waals surface area contributed by atoms with Gasteiger partial charge in [-0.2, -0.15) is 0 Å². The number of nitrogens with zero attached hydrogens (tertiary/aromatic N) is 2. The Bertz CT molecular complexity index is 1000. The second-order valence-electron chi connectivity index (χ2n) is 7.45. The number of piperidine rings is 1. The highest BCUT2D eigenvalue weighted by molar-refractivity contribution is 7.93.